The van der Waals surface area contributed by atoms with Crippen LogP contribution in [0.3, 0.4) is 0 Å². The number of aliphatic hydroxyl groups excluding tert-OH is 1. The van der Waals surface area contributed by atoms with Crippen molar-refractivity contribution in [2.45, 2.75) is 78.4 Å². The van der Waals surface area contributed by atoms with Gasteiger partial charge in [0.1, 0.15) is 6.10 Å². The number of esters is 1. The highest BCUT2D eigenvalue weighted by molar-refractivity contribution is 6.04. The minimum atomic E-state index is -0.623. The molecule has 4 rings (SSSR count). The van der Waals surface area contributed by atoms with Gasteiger partial charge in [-0.15, -0.1) is 0 Å². The Morgan fingerprint density at radius 3 is 2.76 bits per heavy atom. The van der Waals surface area contributed by atoms with Crippen molar-refractivity contribution in [3.63, 3.8) is 0 Å². The molecule has 0 saturated heterocycles. The van der Waals surface area contributed by atoms with Gasteiger partial charge in [0.2, 0.25) is 5.78 Å². The van der Waals surface area contributed by atoms with Crippen molar-refractivity contribution < 1.29 is 23.8 Å². The summed E-state index contributed by atoms with van der Waals surface area (Å²) in [7, 11) is 0. The first-order valence-electron chi connectivity index (χ1n) is 11.2. The quantitative estimate of drug-likeness (QED) is 0.703. The smallest absolute Gasteiger partial charge is 0.305 e. The van der Waals surface area contributed by atoms with E-state index in [0.717, 1.165) is 19.3 Å². The van der Waals surface area contributed by atoms with Crippen molar-refractivity contribution in [3.8, 4) is 0 Å². The monoisotopic (exact) mass is 404 g/mol. The molecule has 4 aliphatic carbocycles. The molecule has 1 N–H and O–H groups in total. The number of aliphatic hydroxyl groups is 1. The van der Waals surface area contributed by atoms with Crippen LogP contribution in [0.2, 0.25) is 0 Å². The van der Waals surface area contributed by atoms with Gasteiger partial charge in [-0.05, 0) is 61.5 Å². The summed E-state index contributed by atoms with van der Waals surface area (Å²) in [6.07, 6.45) is 6.44. The van der Waals surface area contributed by atoms with Crippen LogP contribution in [0.5, 0.6) is 0 Å². The van der Waals surface area contributed by atoms with E-state index < -0.39 is 23.1 Å². The van der Waals surface area contributed by atoms with Crippen LogP contribution in [0.4, 0.5) is 4.39 Å². The van der Waals surface area contributed by atoms with E-state index in [4.69, 9.17) is 4.74 Å². The molecule has 0 heterocycles. The largest absolute Gasteiger partial charge is 0.461 e. The lowest BCUT2D eigenvalue weighted by atomic mass is 9.46. The predicted octanol–water partition coefficient (Wildman–Crippen LogP) is 4.52. The zero-order valence-electron chi connectivity index (χ0n) is 17.9. The maximum atomic E-state index is 14.7. The van der Waals surface area contributed by atoms with Crippen molar-refractivity contribution >= 4 is 11.8 Å². The molecule has 0 aromatic heterocycles. The first kappa shape index (κ1) is 20.8. The Balaban J connectivity index is 1.74. The SMILES string of the molecule is CCC(=O)O[C@@H]1[C@@H](C)C[C@H]2[C@@H]3CCC4=C(F)C(=O)C=C[C@]4(C)[C@H]3[C@@H](O)C[C@]12CC. The van der Waals surface area contributed by atoms with Crippen LogP contribution >= 0.6 is 0 Å². The molecule has 8 atom stereocenters. The van der Waals surface area contributed by atoms with E-state index in [1.807, 2.05) is 19.9 Å². The summed E-state index contributed by atoms with van der Waals surface area (Å²) < 4.78 is 20.6. The van der Waals surface area contributed by atoms with Gasteiger partial charge >= 0.3 is 5.97 Å². The third-order valence-corrected chi connectivity index (χ3v) is 8.77. The van der Waals surface area contributed by atoms with Crippen molar-refractivity contribution in [1.82, 2.24) is 0 Å². The maximum absolute atomic E-state index is 14.7. The Morgan fingerprint density at radius 1 is 1.38 bits per heavy atom. The van der Waals surface area contributed by atoms with Gasteiger partial charge in [0.15, 0.2) is 5.83 Å². The van der Waals surface area contributed by atoms with Gasteiger partial charge in [0, 0.05) is 23.2 Å². The number of ether oxygens (including phenoxy) is 1. The predicted molar refractivity (Wildman–Crippen MR) is 107 cm³/mol. The van der Waals surface area contributed by atoms with Crippen LogP contribution in [0.1, 0.15) is 66.2 Å². The molecule has 0 aliphatic heterocycles. The first-order chi connectivity index (χ1) is 13.7. The number of allylic oxidation sites excluding steroid dienone is 4. The van der Waals surface area contributed by atoms with E-state index >= 15 is 0 Å². The van der Waals surface area contributed by atoms with Crippen LogP contribution in [0.25, 0.3) is 0 Å². The van der Waals surface area contributed by atoms with Crippen LogP contribution in [0.15, 0.2) is 23.6 Å². The molecule has 0 amide bonds. The Bertz CT molecular complexity index is 786. The van der Waals surface area contributed by atoms with Crippen LogP contribution < -0.4 is 0 Å². The summed E-state index contributed by atoms with van der Waals surface area (Å²) in [4.78, 5) is 24.0. The van der Waals surface area contributed by atoms with Gasteiger partial charge in [0.25, 0.3) is 0 Å². The third kappa shape index (κ3) is 2.79. The summed E-state index contributed by atoms with van der Waals surface area (Å²) in [5.74, 6) is -0.662. The molecule has 4 nitrogen and oxygen atoms in total. The van der Waals surface area contributed by atoms with Crippen molar-refractivity contribution in [3.05, 3.63) is 23.6 Å². The average Bonchev–Trinajstić information content (AvgIpc) is 2.97. The fraction of sp³-hybridized carbons (Fsp3) is 0.750. The highest BCUT2D eigenvalue weighted by Gasteiger charge is 2.65. The van der Waals surface area contributed by atoms with E-state index in [-0.39, 0.29) is 35.2 Å². The topological polar surface area (TPSA) is 63.6 Å². The van der Waals surface area contributed by atoms with Gasteiger partial charge in [-0.2, -0.15) is 0 Å². The number of rotatable bonds is 3. The highest BCUT2D eigenvalue weighted by Crippen LogP contribution is 2.67. The Kier molecular flexibility index (Phi) is 5.04. The Morgan fingerprint density at radius 2 is 2.10 bits per heavy atom. The molecule has 0 aromatic carbocycles. The molecule has 0 aromatic rings. The second-order valence-electron chi connectivity index (χ2n) is 9.94. The molecule has 0 unspecified atom stereocenters. The Labute approximate surface area is 172 Å². The van der Waals surface area contributed by atoms with Crippen LogP contribution in [-0.2, 0) is 14.3 Å². The summed E-state index contributed by atoms with van der Waals surface area (Å²) >= 11 is 0. The second kappa shape index (κ2) is 7.04. The van der Waals surface area contributed by atoms with E-state index in [1.165, 1.54) is 6.08 Å². The molecule has 0 bridgehead atoms. The van der Waals surface area contributed by atoms with E-state index in [0.29, 0.717) is 30.8 Å². The average molecular weight is 405 g/mol. The summed E-state index contributed by atoms with van der Waals surface area (Å²) in [6, 6.07) is 0. The highest BCUT2D eigenvalue weighted by atomic mass is 19.1. The van der Waals surface area contributed by atoms with Crippen LogP contribution in [0, 0.1) is 34.5 Å². The lowest BCUT2D eigenvalue weighted by Gasteiger charge is -2.59. The number of fused-ring (bicyclic) bond motifs is 5. The lowest BCUT2D eigenvalue weighted by molar-refractivity contribution is -0.174. The number of halogens is 1. The van der Waals surface area contributed by atoms with Gasteiger partial charge in [0.05, 0.1) is 6.10 Å². The summed E-state index contributed by atoms with van der Waals surface area (Å²) in [6.45, 7) is 8.08. The van der Waals surface area contributed by atoms with E-state index in [2.05, 4.69) is 13.8 Å². The standard InChI is InChI=1S/C24H33FO4/c1-5-19(28)29-22-13(3)11-16-14-7-8-15-21(25)17(26)9-10-23(15,4)20(14)18(27)12-24(16,22)6-2/h9-10,13-14,16,18,20,22,27H,5-8,11-12H2,1-4H3/t13-,14-,16-,18-,20+,22+,23-,24-/m0/s1. The van der Waals surface area contributed by atoms with E-state index in [1.54, 1.807) is 0 Å². The third-order valence-electron chi connectivity index (χ3n) is 8.77. The van der Waals surface area contributed by atoms with Gasteiger partial charge in [-0.1, -0.05) is 33.8 Å². The van der Waals surface area contributed by atoms with E-state index in [9.17, 15) is 19.1 Å². The zero-order valence-corrected chi connectivity index (χ0v) is 17.9. The van der Waals surface area contributed by atoms with Crippen molar-refractivity contribution in [2.24, 2.45) is 34.5 Å². The Hall–Kier alpha value is -1.49. The maximum Gasteiger partial charge on any atom is 0.305 e. The first-order valence-corrected chi connectivity index (χ1v) is 11.2. The molecule has 4 aliphatic rings. The number of ketones is 1. The minimum absolute atomic E-state index is 0.112. The van der Waals surface area contributed by atoms with Gasteiger partial charge in [-0.25, -0.2) is 4.39 Å². The fourth-order valence-electron chi connectivity index (χ4n) is 7.56. The van der Waals surface area contributed by atoms with Crippen LogP contribution in [-0.4, -0.2) is 29.1 Å². The molecule has 160 valence electrons. The molecule has 5 heteroatoms. The zero-order chi connectivity index (χ0) is 21.1. The molecular weight excluding hydrogens is 371 g/mol. The lowest BCUT2D eigenvalue weighted by Crippen LogP contribution is -2.58. The minimum Gasteiger partial charge on any atom is -0.461 e. The number of carbonyl (C=O) groups excluding carboxylic acids is 2. The summed E-state index contributed by atoms with van der Waals surface area (Å²) in [5, 5.41) is 11.4. The normalized spacial score (nSPS) is 46.2. The summed E-state index contributed by atoms with van der Waals surface area (Å²) in [5.41, 5.74) is -0.286. The second-order valence-corrected chi connectivity index (χ2v) is 9.94. The molecule has 0 radical (unpaired) electrons. The molecule has 3 saturated carbocycles. The van der Waals surface area contributed by atoms with Gasteiger partial charge in [-0.3, -0.25) is 9.59 Å². The van der Waals surface area contributed by atoms with Gasteiger partial charge < -0.3 is 9.84 Å². The molecule has 3 fully saturated rings. The number of hydrogen-bond donors (Lipinski definition) is 1. The van der Waals surface area contributed by atoms with Crippen molar-refractivity contribution in [2.75, 3.05) is 0 Å². The fourth-order valence-corrected chi connectivity index (χ4v) is 7.56. The number of carbonyl (C=O) groups is 2. The molecular formula is C24H33FO4. The molecule has 0 spiro atoms. The number of hydrogen-bond acceptors (Lipinski definition) is 4. The molecule has 29 heavy (non-hydrogen) atoms. The van der Waals surface area contributed by atoms with Crippen molar-refractivity contribution in [1.29, 1.82) is 0 Å².